The Morgan fingerprint density at radius 3 is 2.60 bits per heavy atom. The lowest BCUT2D eigenvalue weighted by Crippen LogP contribution is -2.19. The van der Waals surface area contributed by atoms with Crippen molar-refractivity contribution in [2.75, 3.05) is 20.8 Å². The second-order valence-electron chi connectivity index (χ2n) is 5.65. The smallest absolute Gasteiger partial charge is 0.279 e. The quantitative estimate of drug-likeness (QED) is 0.704. The highest BCUT2D eigenvalue weighted by molar-refractivity contribution is 7.16. The summed E-state index contributed by atoms with van der Waals surface area (Å²) < 4.78 is 13.5. The van der Waals surface area contributed by atoms with Crippen LogP contribution in [-0.4, -0.2) is 31.3 Å². The van der Waals surface area contributed by atoms with Crippen LogP contribution in [0.2, 0.25) is 0 Å². The van der Waals surface area contributed by atoms with Crippen LogP contribution in [0.1, 0.15) is 15.9 Å². The number of methoxy groups -OCH3 is 2. The van der Waals surface area contributed by atoms with E-state index in [1.807, 2.05) is 4.57 Å². The van der Waals surface area contributed by atoms with Crippen molar-refractivity contribution in [3.8, 4) is 5.75 Å². The summed E-state index contributed by atoms with van der Waals surface area (Å²) in [6.07, 6.45) is 0. The molecular weight excluding hydrogens is 336 g/mol. The number of benzene rings is 2. The molecule has 1 aromatic heterocycles. The van der Waals surface area contributed by atoms with Gasteiger partial charge < -0.3 is 14.0 Å². The predicted molar refractivity (Wildman–Crippen MR) is 99.3 cm³/mol. The molecule has 2 aromatic carbocycles. The van der Waals surface area contributed by atoms with Crippen molar-refractivity contribution in [2.24, 2.45) is 4.99 Å². The van der Waals surface area contributed by atoms with E-state index in [9.17, 15) is 4.79 Å². The molecule has 0 N–H and O–H groups in total. The molecule has 3 aromatic rings. The van der Waals surface area contributed by atoms with Crippen molar-refractivity contribution in [3.05, 3.63) is 58.4 Å². The molecule has 0 unspecified atom stereocenters. The van der Waals surface area contributed by atoms with Crippen molar-refractivity contribution in [3.63, 3.8) is 0 Å². The van der Waals surface area contributed by atoms with Crippen molar-refractivity contribution in [1.29, 1.82) is 0 Å². The van der Waals surface area contributed by atoms with Crippen molar-refractivity contribution in [2.45, 2.75) is 13.5 Å². The monoisotopic (exact) mass is 356 g/mol. The number of fused-ring (bicyclic) bond motifs is 1. The summed E-state index contributed by atoms with van der Waals surface area (Å²) in [5, 5.41) is 0. The summed E-state index contributed by atoms with van der Waals surface area (Å²) >= 11 is 1.51. The molecule has 5 nitrogen and oxygen atoms in total. The molecule has 0 aliphatic rings. The molecule has 25 heavy (non-hydrogen) atoms. The zero-order chi connectivity index (χ0) is 17.8. The zero-order valence-corrected chi connectivity index (χ0v) is 15.3. The SMILES string of the molecule is COCCn1c(=NC(=O)c2ccc(OC)cc2)sc2cc(C)ccc21. The first-order valence-electron chi connectivity index (χ1n) is 7.94. The van der Waals surface area contributed by atoms with Crippen LogP contribution < -0.4 is 9.54 Å². The van der Waals surface area contributed by atoms with Crippen LogP contribution in [0.15, 0.2) is 47.5 Å². The number of hydrogen-bond donors (Lipinski definition) is 0. The van der Waals surface area contributed by atoms with Crippen molar-refractivity contribution >= 4 is 27.5 Å². The van der Waals surface area contributed by atoms with E-state index in [-0.39, 0.29) is 5.91 Å². The topological polar surface area (TPSA) is 52.8 Å². The largest absolute Gasteiger partial charge is 0.497 e. The molecule has 0 radical (unpaired) electrons. The number of aryl methyl sites for hydroxylation is 1. The van der Waals surface area contributed by atoms with E-state index >= 15 is 0 Å². The fourth-order valence-electron chi connectivity index (χ4n) is 2.55. The van der Waals surface area contributed by atoms with Crippen LogP contribution >= 0.6 is 11.3 Å². The maximum atomic E-state index is 12.5. The molecule has 1 amide bonds. The van der Waals surface area contributed by atoms with Gasteiger partial charge in [-0.25, -0.2) is 0 Å². The Kier molecular flexibility index (Phi) is 5.31. The van der Waals surface area contributed by atoms with Gasteiger partial charge in [-0.3, -0.25) is 4.79 Å². The second kappa shape index (κ2) is 7.63. The minimum atomic E-state index is -0.267. The van der Waals surface area contributed by atoms with E-state index in [0.29, 0.717) is 29.3 Å². The highest BCUT2D eigenvalue weighted by Crippen LogP contribution is 2.19. The summed E-state index contributed by atoms with van der Waals surface area (Å²) in [6, 6.07) is 13.2. The van der Waals surface area contributed by atoms with Crippen LogP contribution in [0.3, 0.4) is 0 Å². The molecular formula is C19H20N2O3S. The number of carbonyl (C=O) groups excluding carboxylic acids is 1. The number of thiazole rings is 1. The average Bonchev–Trinajstić information content (AvgIpc) is 2.95. The van der Waals surface area contributed by atoms with Gasteiger partial charge in [0.05, 0.1) is 23.9 Å². The molecule has 0 atom stereocenters. The second-order valence-corrected chi connectivity index (χ2v) is 6.65. The first-order chi connectivity index (χ1) is 12.1. The summed E-state index contributed by atoms with van der Waals surface area (Å²) in [5.41, 5.74) is 2.78. The lowest BCUT2D eigenvalue weighted by Gasteiger charge is -2.04. The fraction of sp³-hybridized carbons (Fsp3) is 0.263. The standard InChI is InChI=1S/C19H20N2O3S/c1-13-4-9-16-17(12-13)25-19(21(16)10-11-23-2)20-18(22)14-5-7-15(24-3)8-6-14/h4-9,12H,10-11H2,1-3H3. The first-order valence-corrected chi connectivity index (χ1v) is 8.76. The number of nitrogens with zero attached hydrogens (tertiary/aromatic N) is 2. The molecule has 0 aliphatic heterocycles. The lowest BCUT2D eigenvalue weighted by molar-refractivity contribution is 0.0997. The summed E-state index contributed by atoms with van der Waals surface area (Å²) in [7, 11) is 3.26. The van der Waals surface area contributed by atoms with E-state index in [1.54, 1.807) is 38.5 Å². The Morgan fingerprint density at radius 1 is 1.16 bits per heavy atom. The highest BCUT2D eigenvalue weighted by atomic mass is 32.1. The number of ether oxygens (including phenoxy) is 2. The normalized spacial score (nSPS) is 11.9. The summed E-state index contributed by atoms with van der Waals surface area (Å²) in [4.78, 5) is 17.6. The molecule has 0 bridgehead atoms. The summed E-state index contributed by atoms with van der Waals surface area (Å²) in [6.45, 7) is 3.26. The van der Waals surface area contributed by atoms with Gasteiger partial charge in [0.15, 0.2) is 4.80 Å². The van der Waals surface area contributed by atoms with Crippen LogP contribution in [-0.2, 0) is 11.3 Å². The number of carbonyl (C=O) groups is 1. The van der Waals surface area contributed by atoms with E-state index < -0.39 is 0 Å². The maximum Gasteiger partial charge on any atom is 0.279 e. The van der Waals surface area contributed by atoms with Crippen LogP contribution in [0, 0.1) is 6.92 Å². The molecule has 0 saturated heterocycles. The van der Waals surface area contributed by atoms with E-state index in [4.69, 9.17) is 9.47 Å². The first kappa shape index (κ1) is 17.4. The zero-order valence-electron chi connectivity index (χ0n) is 14.5. The van der Waals surface area contributed by atoms with Gasteiger partial charge in [0, 0.05) is 19.2 Å². The van der Waals surface area contributed by atoms with E-state index in [1.165, 1.54) is 16.9 Å². The third-order valence-corrected chi connectivity index (χ3v) is 4.93. The molecule has 6 heteroatoms. The molecule has 0 spiro atoms. The number of aromatic nitrogens is 1. The van der Waals surface area contributed by atoms with Crippen LogP contribution in [0.5, 0.6) is 5.75 Å². The van der Waals surface area contributed by atoms with Gasteiger partial charge in [0.25, 0.3) is 5.91 Å². The third kappa shape index (κ3) is 3.81. The lowest BCUT2D eigenvalue weighted by atomic mass is 10.2. The Hall–Kier alpha value is -2.44. The Labute approximate surface area is 150 Å². The Bertz CT molecular complexity index is 955. The summed E-state index contributed by atoms with van der Waals surface area (Å²) in [5.74, 6) is 0.446. The molecule has 1 heterocycles. The maximum absolute atomic E-state index is 12.5. The molecule has 0 aliphatic carbocycles. The van der Waals surface area contributed by atoms with Crippen molar-refractivity contribution in [1.82, 2.24) is 4.57 Å². The van der Waals surface area contributed by atoms with Gasteiger partial charge in [0.2, 0.25) is 0 Å². The van der Waals surface area contributed by atoms with Gasteiger partial charge in [-0.15, -0.1) is 0 Å². The van der Waals surface area contributed by atoms with Crippen LogP contribution in [0.4, 0.5) is 0 Å². The number of rotatable bonds is 5. The highest BCUT2D eigenvalue weighted by Gasteiger charge is 2.09. The number of amides is 1. The van der Waals surface area contributed by atoms with Gasteiger partial charge in [-0.1, -0.05) is 17.4 Å². The minimum Gasteiger partial charge on any atom is -0.497 e. The fourth-order valence-corrected chi connectivity index (χ4v) is 3.70. The number of hydrogen-bond acceptors (Lipinski definition) is 4. The Morgan fingerprint density at radius 2 is 1.92 bits per heavy atom. The minimum absolute atomic E-state index is 0.267. The van der Waals surface area contributed by atoms with Gasteiger partial charge in [-0.05, 0) is 48.9 Å². The van der Waals surface area contributed by atoms with E-state index in [2.05, 4.69) is 30.1 Å². The average molecular weight is 356 g/mol. The predicted octanol–water partition coefficient (Wildman–Crippen LogP) is 3.41. The van der Waals surface area contributed by atoms with Gasteiger partial charge >= 0.3 is 0 Å². The molecule has 3 rings (SSSR count). The molecule has 130 valence electrons. The van der Waals surface area contributed by atoms with Gasteiger partial charge in [-0.2, -0.15) is 4.99 Å². The van der Waals surface area contributed by atoms with Crippen molar-refractivity contribution < 1.29 is 14.3 Å². The third-order valence-electron chi connectivity index (χ3n) is 3.89. The Balaban J connectivity index is 2.05. The van der Waals surface area contributed by atoms with E-state index in [0.717, 1.165) is 10.2 Å². The molecule has 0 fully saturated rings. The van der Waals surface area contributed by atoms with Crippen LogP contribution in [0.25, 0.3) is 10.2 Å². The molecule has 0 saturated carbocycles. The van der Waals surface area contributed by atoms with Gasteiger partial charge in [0.1, 0.15) is 5.75 Å².